The summed E-state index contributed by atoms with van der Waals surface area (Å²) >= 11 is 1.91. The first-order valence-corrected chi connectivity index (χ1v) is 27.9. The maximum atomic E-state index is 2.54. The van der Waals surface area contributed by atoms with Crippen molar-refractivity contribution in [2.24, 2.45) is 0 Å². The number of fused-ring (bicyclic) bond motifs is 17. The number of hydrogen-bond acceptors (Lipinski definition) is 1. The maximum absolute atomic E-state index is 2.54. The summed E-state index contributed by atoms with van der Waals surface area (Å²) in [6.45, 7) is 4.63. The molecule has 0 unspecified atom stereocenters. The van der Waals surface area contributed by atoms with Crippen LogP contribution >= 0.6 is 11.3 Å². The molecule has 77 heavy (non-hydrogen) atoms. The number of thiophene rings is 1. The molecular weight excluding hydrogens is 945 g/mol. The molecule has 1 aliphatic rings. The fourth-order valence-electron chi connectivity index (χ4n) is 15.4. The standard InChI is InChI=1S/C76H42S/c1-39-15-6-9-20-44(39)65-60-36-42-18-7-8-19-43(42)37-61(60)71(58-38-59-46-22-12-13-26-62(46)77-63(59)35-40(58)2)75-56-33-29-51-52-30-34-57-69-54(31-27-49(66(52)69)50-28-32-55(74(65)75)70(56)67(50)51)73-64(41-16-4-3-5-17-41)53-25-14-24-47-45-21-10-11-23-48(45)72(68(47)53)76(57)73/h3-38H,1-2H3. The summed E-state index contributed by atoms with van der Waals surface area (Å²) in [5.74, 6) is 0. The van der Waals surface area contributed by atoms with Crippen LogP contribution in [0.15, 0.2) is 218 Å². The van der Waals surface area contributed by atoms with Gasteiger partial charge in [0.15, 0.2) is 0 Å². The van der Waals surface area contributed by atoms with E-state index in [0.717, 1.165) is 0 Å². The molecular formula is C76H42S. The zero-order valence-corrected chi connectivity index (χ0v) is 43.0. The van der Waals surface area contributed by atoms with Gasteiger partial charge < -0.3 is 0 Å². The fourth-order valence-corrected chi connectivity index (χ4v) is 16.6. The van der Waals surface area contributed by atoms with Gasteiger partial charge in [-0.1, -0.05) is 188 Å². The van der Waals surface area contributed by atoms with Gasteiger partial charge in [-0.15, -0.1) is 11.3 Å². The minimum atomic E-state index is 1.26. The Kier molecular flexibility index (Phi) is 7.60. The Bertz CT molecular complexity index is 5670. The number of rotatable bonds is 3. The number of aryl methyl sites for hydroxylation is 2. The van der Waals surface area contributed by atoms with Gasteiger partial charge in [0, 0.05) is 20.2 Å². The van der Waals surface area contributed by atoms with Gasteiger partial charge in [0.1, 0.15) is 0 Å². The molecule has 0 spiro atoms. The molecule has 0 nitrogen and oxygen atoms in total. The highest BCUT2D eigenvalue weighted by atomic mass is 32.1. The summed E-state index contributed by atoms with van der Waals surface area (Å²) in [6, 6.07) is 84.1. The highest BCUT2D eigenvalue weighted by Gasteiger charge is 2.34. The Morgan fingerprint density at radius 1 is 0.221 bits per heavy atom. The highest BCUT2D eigenvalue weighted by molar-refractivity contribution is 7.25. The Morgan fingerprint density at radius 3 is 1.44 bits per heavy atom. The van der Waals surface area contributed by atoms with Gasteiger partial charge >= 0.3 is 0 Å². The normalized spacial score (nSPS) is 12.8. The van der Waals surface area contributed by atoms with Crippen molar-refractivity contribution in [3.63, 3.8) is 0 Å². The lowest BCUT2D eigenvalue weighted by atomic mass is 9.80. The molecule has 1 heteroatoms. The molecule has 1 aromatic heterocycles. The van der Waals surface area contributed by atoms with Crippen LogP contribution in [0.4, 0.5) is 0 Å². The van der Waals surface area contributed by atoms with E-state index in [1.165, 1.54) is 205 Å². The SMILES string of the molecule is Cc1ccccc1-c1c2c(c(-c3cc4c(cc3C)sc3ccccc34)c3cc4ccccc4cc13)-c1ccc3c4ccc5c6c(ccc(c7ccc-2c1c73)c46)c1c(-c2ccccc2)c2cccc3c4ccccc4c(c23)c51. The third kappa shape index (κ3) is 4.96. The van der Waals surface area contributed by atoms with Crippen molar-refractivity contribution < 1.29 is 0 Å². The fraction of sp³-hybridized carbons (Fsp3) is 0.0263. The molecule has 17 aromatic carbocycles. The van der Waals surface area contributed by atoms with E-state index in [1.54, 1.807) is 0 Å². The lowest BCUT2D eigenvalue weighted by Crippen LogP contribution is -1.96. The van der Waals surface area contributed by atoms with Gasteiger partial charge in [0.05, 0.1) is 0 Å². The van der Waals surface area contributed by atoms with Gasteiger partial charge in [-0.05, 0) is 229 Å². The van der Waals surface area contributed by atoms with Crippen LogP contribution in [0.2, 0.25) is 0 Å². The van der Waals surface area contributed by atoms with Crippen LogP contribution in [0.1, 0.15) is 11.1 Å². The topological polar surface area (TPSA) is 0 Å². The van der Waals surface area contributed by atoms with Crippen LogP contribution < -0.4 is 0 Å². The van der Waals surface area contributed by atoms with Gasteiger partial charge in [-0.25, -0.2) is 0 Å². The summed E-state index contributed by atoms with van der Waals surface area (Å²) in [7, 11) is 0. The van der Waals surface area contributed by atoms with E-state index in [-0.39, 0.29) is 0 Å². The van der Waals surface area contributed by atoms with E-state index in [0.29, 0.717) is 0 Å². The molecule has 18 aromatic rings. The smallest absolute Gasteiger partial charge is 0.0358 e. The van der Waals surface area contributed by atoms with Gasteiger partial charge in [0.25, 0.3) is 0 Å². The van der Waals surface area contributed by atoms with Gasteiger partial charge in [-0.3, -0.25) is 0 Å². The third-order valence-electron chi connectivity index (χ3n) is 18.4. The predicted molar refractivity (Wildman–Crippen MR) is 336 cm³/mol. The minimum absolute atomic E-state index is 1.26. The number of benzene rings is 15. The summed E-state index contributed by atoms with van der Waals surface area (Å²) in [5.41, 5.74) is 15.8. The van der Waals surface area contributed by atoms with Crippen LogP contribution in [0.25, 0.3) is 194 Å². The molecule has 352 valence electrons. The van der Waals surface area contributed by atoms with E-state index in [9.17, 15) is 0 Å². The van der Waals surface area contributed by atoms with Crippen LogP contribution in [-0.4, -0.2) is 0 Å². The van der Waals surface area contributed by atoms with Crippen LogP contribution in [0.5, 0.6) is 0 Å². The van der Waals surface area contributed by atoms with E-state index in [1.807, 2.05) is 11.3 Å². The van der Waals surface area contributed by atoms with Crippen LogP contribution in [-0.2, 0) is 0 Å². The molecule has 19 rings (SSSR count). The summed E-state index contributed by atoms with van der Waals surface area (Å²) in [6.07, 6.45) is 0. The second-order valence-electron chi connectivity index (χ2n) is 22.1. The Morgan fingerprint density at radius 2 is 0.714 bits per heavy atom. The summed E-state index contributed by atoms with van der Waals surface area (Å²) in [4.78, 5) is 0. The van der Waals surface area contributed by atoms with Crippen molar-refractivity contribution in [3.05, 3.63) is 230 Å². The Hall–Kier alpha value is -9.40. The monoisotopic (exact) mass is 986 g/mol. The number of hydrogen-bond donors (Lipinski definition) is 0. The molecule has 1 heterocycles. The van der Waals surface area contributed by atoms with Crippen molar-refractivity contribution in [1.29, 1.82) is 0 Å². The van der Waals surface area contributed by atoms with Crippen molar-refractivity contribution in [3.8, 4) is 55.6 Å². The predicted octanol–water partition coefficient (Wildman–Crippen LogP) is 22.3. The second-order valence-corrected chi connectivity index (χ2v) is 23.2. The average Bonchev–Trinajstić information content (AvgIpc) is 4.43. The first-order valence-electron chi connectivity index (χ1n) is 27.1. The third-order valence-corrected chi connectivity index (χ3v) is 19.6. The molecule has 0 saturated carbocycles. The summed E-state index contributed by atoms with van der Waals surface area (Å²) < 4.78 is 2.67. The molecule has 0 saturated heterocycles. The van der Waals surface area contributed by atoms with Crippen molar-refractivity contribution >= 4 is 150 Å². The van der Waals surface area contributed by atoms with Gasteiger partial charge in [0.2, 0.25) is 0 Å². The first-order chi connectivity index (χ1) is 38.1. The van der Waals surface area contributed by atoms with Crippen LogP contribution in [0.3, 0.4) is 0 Å². The van der Waals surface area contributed by atoms with Crippen LogP contribution in [0, 0.1) is 13.8 Å². The van der Waals surface area contributed by atoms with E-state index >= 15 is 0 Å². The lowest BCUT2D eigenvalue weighted by Gasteiger charge is -2.23. The Balaban J connectivity index is 0.983. The molecule has 1 aliphatic carbocycles. The van der Waals surface area contributed by atoms with Gasteiger partial charge in [-0.2, -0.15) is 0 Å². The molecule has 0 amide bonds. The quantitative estimate of drug-likeness (QED) is 0.122. The molecule has 0 fully saturated rings. The zero-order valence-electron chi connectivity index (χ0n) is 42.2. The molecule has 0 radical (unpaired) electrons. The molecule has 0 N–H and O–H groups in total. The molecule has 0 atom stereocenters. The highest BCUT2D eigenvalue weighted by Crippen LogP contribution is 2.62. The lowest BCUT2D eigenvalue weighted by molar-refractivity contribution is 1.47. The minimum Gasteiger partial charge on any atom is -0.135 e. The molecule has 0 bridgehead atoms. The van der Waals surface area contributed by atoms with Crippen molar-refractivity contribution in [2.75, 3.05) is 0 Å². The van der Waals surface area contributed by atoms with E-state index in [4.69, 9.17) is 0 Å². The van der Waals surface area contributed by atoms with E-state index < -0.39 is 0 Å². The largest absolute Gasteiger partial charge is 0.135 e. The Labute approximate surface area is 446 Å². The maximum Gasteiger partial charge on any atom is 0.0358 e. The van der Waals surface area contributed by atoms with Crippen molar-refractivity contribution in [2.45, 2.75) is 13.8 Å². The second kappa shape index (κ2) is 14.3. The van der Waals surface area contributed by atoms with E-state index in [2.05, 4.69) is 232 Å². The molecule has 0 aliphatic heterocycles. The summed E-state index contributed by atoms with van der Waals surface area (Å²) in [5, 5.41) is 32.1. The average molecular weight is 987 g/mol. The first kappa shape index (κ1) is 40.9. The van der Waals surface area contributed by atoms with Crippen molar-refractivity contribution in [1.82, 2.24) is 0 Å². The zero-order chi connectivity index (χ0) is 50.1.